The second-order valence-electron chi connectivity index (χ2n) is 16.2. The van der Waals surface area contributed by atoms with Gasteiger partial charge in [-0.1, -0.05) is 180 Å². The summed E-state index contributed by atoms with van der Waals surface area (Å²) in [6.45, 7) is 3.49. The van der Waals surface area contributed by atoms with Crippen molar-refractivity contribution in [1.82, 2.24) is 10.6 Å². The molecule has 4 N–H and O–H groups in total. The maximum absolute atomic E-state index is 12.8. The van der Waals surface area contributed by atoms with Gasteiger partial charge in [0.2, 0.25) is 11.8 Å². The van der Waals surface area contributed by atoms with Crippen LogP contribution in [0, 0.1) is 0 Å². The Balaban J connectivity index is 4.25. The highest BCUT2D eigenvalue weighted by Crippen LogP contribution is 2.18. The number of esters is 1. The van der Waals surface area contributed by atoms with Gasteiger partial charge in [-0.05, 0) is 57.8 Å². The average molecular weight is 793 g/mol. The number of allylic oxidation sites excluding steroid dienone is 2. The van der Waals surface area contributed by atoms with Gasteiger partial charge in [0, 0.05) is 12.8 Å². The Kier molecular flexibility index (Phi) is 40.4. The van der Waals surface area contributed by atoms with Crippen molar-refractivity contribution in [2.24, 2.45) is 0 Å². The van der Waals surface area contributed by atoms with Crippen LogP contribution in [0.2, 0.25) is 0 Å². The number of amides is 2. The molecular weight excluding hydrogens is 705 g/mol. The first-order valence-electron chi connectivity index (χ1n) is 23.6. The fraction of sp³-hybridized carbons (Fsp3) is 0.872. The predicted molar refractivity (Wildman–Crippen MR) is 232 cm³/mol. The van der Waals surface area contributed by atoms with E-state index in [-0.39, 0.29) is 24.5 Å². The maximum Gasteiger partial charge on any atom is 0.328 e. The molecule has 56 heavy (non-hydrogen) atoms. The lowest BCUT2D eigenvalue weighted by Crippen LogP contribution is -2.47. The van der Waals surface area contributed by atoms with Gasteiger partial charge in [0.1, 0.15) is 12.1 Å². The SMILES string of the molecule is CCCCCCCC/C=C\CCCC(CCCCCCCC(=O)NCC(=O)NC(CO)C(=O)O)OC(=O)CCCCCCCCCCCCCCCCCCC. The summed E-state index contributed by atoms with van der Waals surface area (Å²) >= 11 is 0. The normalized spacial score (nSPS) is 12.5. The Morgan fingerprint density at radius 1 is 0.518 bits per heavy atom. The number of aliphatic hydroxyl groups excluding tert-OH is 1. The Morgan fingerprint density at radius 3 is 1.41 bits per heavy atom. The first-order valence-corrected chi connectivity index (χ1v) is 23.6. The number of ether oxygens (including phenoxy) is 1. The minimum absolute atomic E-state index is 0.0382. The molecule has 0 aromatic heterocycles. The fourth-order valence-electron chi connectivity index (χ4n) is 7.13. The van der Waals surface area contributed by atoms with Gasteiger partial charge >= 0.3 is 11.9 Å². The third-order valence-electron chi connectivity index (χ3n) is 10.8. The van der Waals surface area contributed by atoms with Crippen molar-refractivity contribution in [2.75, 3.05) is 13.2 Å². The summed E-state index contributed by atoms with van der Waals surface area (Å²) in [5, 5.41) is 22.6. The molecule has 0 rings (SSSR count). The van der Waals surface area contributed by atoms with Crippen LogP contribution in [-0.2, 0) is 23.9 Å². The van der Waals surface area contributed by atoms with Gasteiger partial charge < -0.3 is 25.6 Å². The molecule has 0 saturated carbocycles. The predicted octanol–water partition coefficient (Wildman–Crippen LogP) is 11.8. The van der Waals surface area contributed by atoms with Gasteiger partial charge in [-0.15, -0.1) is 0 Å². The van der Waals surface area contributed by atoms with Gasteiger partial charge in [-0.25, -0.2) is 4.79 Å². The van der Waals surface area contributed by atoms with Gasteiger partial charge in [-0.2, -0.15) is 0 Å². The molecule has 2 amide bonds. The number of hydrogen-bond acceptors (Lipinski definition) is 6. The van der Waals surface area contributed by atoms with E-state index in [9.17, 15) is 19.2 Å². The largest absolute Gasteiger partial charge is 0.480 e. The van der Waals surface area contributed by atoms with Crippen LogP contribution in [0.25, 0.3) is 0 Å². The molecule has 0 aromatic carbocycles. The minimum Gasteiger partial charge on any atom is -0.480 e. The van der Waals surface area contributed by atoms with Crippen LogP contribution in [-0.4, -0.2) is 59.3 Å². The van der Waals surface area contributed by atoms with E-state index in [1.165, 1.54) is 135 Å². The second-order valence-corrected chi connectivity index (χ2v) is 16.2. The number of hydrogen-bond donors (Lipinski definition) is 4. The first kappa shape index (κ1) is 53.6. The summed E-state index contributed by atoms with van der Waals surface area (Å²) in [6, 6.07) is -1.38. The third-order valence-corrected chi connectivity index (χ3v) is 10.8. The lowest BCUT2D eigenvalue weighted by Gasteiger charge is -2.18. The van der Waals surface area contributed by atoms with E-state index in [1.807, 2.05) is 0 Å². The number of aliphatic hydroxyl groups is 1. The van der Waals surface area contributed by atoms with E-state index < -0.39 is 24.5 Å². The Bertz CT molecular complexity index is 957. The lowest BCUT2D eigenvalue weighted by atomic mass is 10.0. The topological polar surface area (TPSA) is 142 Å². The number of carboxylic acids is 1. The van der Waals surface area contributed by atoms with Crippen LogP contribution in [0.4, 0.5) is 0 Å². The van der Waals surface area contributed by atoms with Crippen LogP contribution >= 0.6 is 0 Å². The second kappa shape index (κ2) is 42.2. The minimum atomic E-state index is -1.38. The van der Waals surface area contributed by atoms with E-state index in [1.54, 1.807) is 0 Å². The Morgan fingerprint density at radius 2 is 0.929 bits per heavy atom. The molecule has 328 valence electrons. The van der Waals surface area contributed by atoms with Gasteiger partial charge in [0.25, 0.3) is 0 Å². The Hall–Kier alpha value is -2.42. The molecule has 0 aliphatic heterocycles. The molecule has 0 spiro atoms. The smallest absolute Gasteiger partial charge is 0.328 e. The summed E-state index contributed by atoms with van der Waals surface area (Å²) in [6.07, 6.45) is 45.3. The number of nitrogens with one attached hydrogen (secondary N) is 2. The van der Waals surface area contributed by atoms with E-state index in [0.717, 1.165) is 70.6 Å². The van der Waals surface area contributed by atoms with Crippen molar-refractivity contribution in [2.45, 2.75) is 251 Å². The number of carbonyl (C=O) groups is 4. The molecule has 0 saturated heterocycles. The summed E-state index contributed by atoms with van der Waals surface area (Å²) < 4.78 is 6.03. The van der Waals surface area contributed by atoms with Crippen LogP contribution < -0.4 is 10.6 Å². The first-order chi connectivity index (χ1) is 27.3. The molecule has 0 radical (unpaired) electrons. The third kappa shape index (κ3) is 38.5. The monoisotopic (exact) mass is 793 g/mol. The summed E-state index contributed by atoms with van der Waals surface area (Å²) in [5.41, 5.74) is 0. The number of carbonyl (C=O) groups excluding carboxylic acids is 3. The van der Waals surface area contributed by atoms with Crippen LogP contribution in [0.5, 0.6) is 0 Å². The van der Waals surface area contributed by atoms with Crippen molar-refractivity contribution in [3.05, 3.63) is 12.2 Å². The molecule has 0 aliphatic carbocycles. The molecule has 2 atom stereocenters. The zero-order chi connectivity index (χ0) is 41.2. The molecule has 9 nitrogen and oxygen atoms in total. The average Bonchev–Trinajstić information content (AvgIpc) is 3.18. The zero-order valence-corrected chi connectivity index (χ0v) is 36.4. The molecule has 0 fully saturated rings. The number of carboxylic acid groups (broad SMARTS) is 1. The lowest BCUT2D eigenvalue weighted by molar-refractivity contribution is -0.150. The fourth-order valence-corrected chi connectivity index (χ4v) is 7.13. The van der Waals surface area contributed by atoms with E-state index in [0.29, 0.717) is 19.3 Å². The number of unbranched alkanes of at least 4 members (excludes halogenated alkanes) is 27. The van der Waals surface area contributed by atoms with Gasteiger partial charge in [0.15, 0.2) is 0 Å². The van der Waals surface area contributed by atoms with Crippen molar-refractivity contribution >= 4 is 23.8 Å². The molecule has 2 unspecified atom stereocenters. The Labute approximate surface area is 343 Å². The quantitative estimate of drug-likeness (QED) is 0.0273. The highest BCUT2D eigenvalue weighted by Gasteiger charge is 2.19. The van der Waals surface area contributed by atoms with Crippen molar-refractivity contribution in [1.29, 1.82) is 0 Å². The standard InChI is InChI=1S/C47H88N2O7/c1-3-5-7-9-11-13-15-16-17-18-19-20-22-24-26-31-35-39-46(53)56-42(36-32-28-25-23-21-14-12-10-8-6-4-2)37-33-29-27-30-34-38-44(51)48-40-45(52)49-43(41-50)47(54)55/h23,25,42-43,50H,3-22,24,26-41H2,1-2H3,(H,48,51)(H,49,52)(H,54,55)/b25-23-. The summed E-state index contributed by atoms with van der Waals surface area (Å²) in [7, 11) is 0. The van der Waals surface area contributed by atoms with E-state index in [2.05, 4.69) is 36.6 Å². The van der Waals surface area contributed by atoms with Gasteiger partial charge in [0.05, 0.1) is 13.2 Å². The van der Waals surface area contributed by atoms with E-state index >= 15 is 0 Å². The summed E-state index contributed by atoms with van der Waals surface area (Å²) in [5.74, 6) is -2.30. The van der Waals surface area contributed by atoms with Crippen LogP contribution in [0.1, 0.15) is 239 Å². The number of rotatable bonds is 43. The molecule has 9 heteroatoms. The highest BCUT2D eigenvalue weighted by molar-refractivity contribution is 5.87. The maximum atomic E-state index is 12.8. The van der Waals surface area contributed by atoms with Crippen LogP contribution in [0.3, 0.4) is 0 Å². The van der Waals surface area contributed by atoms with Crippen molar-refractivity contribution < 1.29 is 34.1 Å². The van der Waals surface area contributed by atoms with Crippen molar-refractivity contribution in [3.63, 3.8) is 0 Å². The molecular formula is C47H88N2O7. The molecule has 0 aromatic rings. The van der Waals surface area contributed by atoms with Crippen molar-refractivity contribution in [3.8, 4) is 0 Å². The van der Waals surface area contributed by atoms with Crippen LogP contribution in [0.15, 0.2) is 12.2 Å². The molecule has 0 aliphatic rings. The number of aliphatic carboxylic acids is 1. The molecule has 0 bridgehead atoms. The summed E-state index contributed by atoms with van der Waals surface area (Å²) in [4.78, 5) is 47.6. The van der Waals surface area contributed by atoms with E-state index in [4.69, 9.17) is 14.9 Å². The van der Waals surface area contributed by atoms with Gasteiger partial charge in [-0.3, -0.25) is 14.4 Å². The molecule has 0 heterocycles. The zero-order valence-electron chi connectivity index (χ0n) is 36.4. The highest BCUT2D eigenvalue weighted by atomic mass is 16.5.